The zero-order valence-electron chi connectivity index (χ0n) is 13.3. The van der Waals surface area contributed by atoms with Gasteiger partial charge in [-0.05, 0) is 35.4 Å². The molecular weight excluding hydrogens is 377 g/mol. The van der Waals surface area contributed by atoms with Gasteiger partial charge in [0.15, 0.2) is 0 Å². The number of carbonyl (C=O) groups is 1. The number of hydrogen-bond donors (Lipinski definition) is 1. The quantitative estimate of drug-likeness (QED) is 0.471. The molecule has 1 N–H and O–H groups in total. The second-order valence-electron chi connectivity index (χ2n) is 5.08. The van der Waals surface area contributed by atoms with Gasteiger partial charge in [-0.25, -0.2) is 0 Å². The number of hydrogen-bond acceptors (Lipinski definition) is 1. The molecule has 1 amide bonds. The summed E-state index contributed by atoms with van der Waals surface area (Å²) in [6, 6.07) is 12.7. The van der Waals surface area contributed by atoms with Gasteiger partial charge in [0.2, 0.25) is 5.91 Å². The number of carbonyl (C=O) groups excluding carboxylic acids is 1. The molecule has 0 atom stereocenters. The Bertz CT molecular complexity index is 808. The number of amides is 1. The van der Waals surface area contributed by atoms with Gasteiger partial charge in [-0.3, -0.25) is 4.79 Å². The molecule has 5 heteroatoms. The molecule has 0 spiro atoms. The van der Waals surface area contributed by atoms with Crippen LogP contribution in [-0.2, 0) is 4.79 Å². The van der Waals surface area contributed by atoms with Crippen LogP contribution in [0.1, 0.15) is 11.1 Å². The first-order valence-electron chi connectivity index (χ1n) is 7.54. The Balaban J connectivity index is 1.76. The molecule has 128 valence electrons. The molecule has 0 saturated heterocycles. The first-order valence-corrected chi connectivity index (χ1v) is 8.68. The van der Waals surface area contributed by atoms with Gasteiger partial charge in [0.05, 0.1) is 0 Å². The molecule has 0 aromatic heterocycles. The van der Waals surface area contributed by atoms with Crippen molar-refractivity contribution in [2.45, 2.75) is 0 Å². The lowest BCUT2D eigenvalue weighted by molar-refractivity contribution is -0.116. The number of benzene rings is 2. The van der Waals surface area contributed by atoms with E-state index in [9.17, 15) is 4.79 Å². The van der Waals surface area contributed by atoms with E-state index in [0.717, 1.165) is 11.1 Å². The zero-order valence-corrected chi connectivity index (χ0v) is 15.5. The third kappa shape index (κ3) is 7.18. The molecule has 2 aromatic rings. The first-order chi connectivity index (χ1) is 12.0. The van der Waals surface area contributed by atoms with Crippen molar-refractivity contribution in [2.75, 3.05) is 6.54 Å². The molecule has 0 aliphatic carbocycles. The predicted octanol–water partition coefficient (Wildman–Crippen LogP) is 6.05. The maximum atomic E-state index is 11.7. The summed E-state index contributed by atoms with van der Waals surface area (Å²) in [5, 5.41) is 4.61. The molecular formula is C20H16Cl3NO. The van der Waals surface area contributed by atoms with Crippen LogP contribution in [0.25, 0.3) is 12.2 Å². The smallest absolute Gasteiger partial charge is 0.244 e. The highest BCUT2D eigenvalue weighted by Gasteiger charge is 1.96. The fourth-order valence-corrected chi connectivity index (χ4v) is 2.52. The summed E-state index contributed by atoms with van der Waals surface area (Å²) in [5.74, 6) is -0.174. The molecule has 0 fully saturated rings. The Morgan fingerprint density at radius 2 is 1.64 bits per heavy atom. The normalized spacial score (nSPS) is 11.6. The fraction of sp³-hybridized carbons (Fsp3) is 0.0500. The molecule has 0 heterocycles. The SMILES string of the molecule is O=C(/C=C/C=C/c1ccc(Cl)cc1Cl)NC/C=C/c1ccc(Cl)cc1. The summed E-state index contributed by atoms with van der Waals surface area (Å²) >= 11 is 17.7. The summed E-state index contributed by atoms with van der Waals surface area (Å²) in [6.45, 7) is 0.443. The van der Waals surface area contributed by atoms with Crippen LogP contribution >= 0.6 is 34.8 Å². The molecule has 0 saturated carbocycles. The second kappa shape index (κ2) is 10.1. The highest BCUT2D eigenvalue weighted by Crippen LogP contribution is 2.21. The molecule has 0 aliphatic rings. The topological polar surface area (TPSA) is 29.1 Å². The van der Waals surface area contributed by atoms with E-state index in [-0.39, 0.29) is 5.91 Å². The van der Waals surface area contributed by atoms with Gasteiger partial charge < -0.3 is 5.32 Å². The van der Waals surface area contributed by atoms with E-state index >= 15 is 0 Å². The molecule has 0 radical (unpaired) electrons. The van der Waals surface area contributed by atoms with E-state index < -0.39 is 0 Å². The monoisotopic (exact) mass is 391 g/mol. The van der Waals surface area contributed by atoms with Gasteiger partial charge in [0.25, 0.3) is 0 Å². The van der Waals surface area contributed by atoms with Crippen LogP contribution in [0.2, 0.25) is 15.1 Å². The lowest BCUT2D eigenvalue weighted by Gasteiger charge is -1.98. The van der Waals surface area contributed by atoms with Crippen molar-refractivity contribution in [1.82, 2.24) is 5.32 Å². The average Bonchev–Trinajstić information content (AvgIpc) is 2.59. The molecule has 0 bridgehead atoms. The van der Waals surface area contributed by atoms with Gasteiger partial charge in [-0.15, -0.1) is 0 Å². The Kier molecular flexibility index (Phi) is 7.80. The van der Waals surface area contributed by atoms with Crippen LogP contribution in [0.3, 0.4) is 0 Å². The van der Waals surface area contributed by atoms with E-state index in [0.29, 0.717) is 21.6 Å². The number of rotatable bonds is 6. The summed E-state index contributed by atoms with van der Waals surface area (Å²) in [4.78, 5) is 11.7. The molecule has 0 aliphatic heterocycles. The summed E-state index contributed by atoms with van der Waals surface area (Å²) in [6.07, 6.45) is 10.5. The zero-order chi connectivity index (χ0) is 18.1. The molecule has 25 heavy (non-hydrogen) atoms. The fourth-order valence-electron chi connectivity index (χ4n) is 1.93. The van der Waals surface area contributed by atoms with Crippen LogP contribution in [0.4, 0.5) is 0 Å². The molecule has 2 rings (SSSR count). The van der Waals surface area contributed by atoms with Crippen LogP contribution in [0.5, 0.6) is 0 Å². The Morgan fingerprint density at radius 1 is 0.920 bits per heavy atom. The van der Waals surface area contributed by atoms with Gasteiger partial charge >= 0.3 is 0 Å². The molecule has 0 unspecified atom stereocenters. The Hall–Kier alpha value is -2.00. The summed E-state index contributed by atoms with van der Waals surface area (Å²) < 4.78 is 0. The van der Waals surface area contributed by atoms with Crippen molar-refractivity contribution in [2.24, 2.45) is 0 Å². The van der Waals surface area contributed by atoms with Crippen LogP contribution in [0.15, 0.2) is 66.8 Å². The Morgan fingerprint density at radius 3 is 2.36 bits per heavy atom. The minimum Gasteiger partial charge on any atom is -0.349 e. The van der Waals surface area contributed by atoms with Crippen LogP contribution in [-0.4, -0.2) is 12.5 Å². The lowest BCUT2D eigenvalue weighted by atomic mass is 10.2. The Labute approximate surface area is 162 Å². The van der Waals surface area contributed by atoms with Gasteiger partial charge in [0, 0.05) is 27.7 Å². The second-order valence-corrected chi connectivity index (χ2v) is 6.36. The highest BCUT2D eigenvalue weighted by atomic mass is 35.5. The van der Waals surface area contributed by atoms with Crippen molar-refractivity contribution in [1.29, 1.82) is 0 Å². The minimum absolute atomic E-state index is 0.174. The minimum atomic E-state index is -0.174. The van der Waals surface area contributed by atoms with Crippen LogP contribution < -0.4 is 5.32 Å². The molecule has 2 nitrogen and oxygen atoms in total. The third-order valence-electron chi connectivity index (χ3n) is 3.17. The van der Waals surface area contributed by atoms with Crippen molar-refractivity contribution in [3.63, 3.8) is 0 Å². The van der Waals surface area contributed by atoms with E-state index in [1.807, 2.05) is 48.6 Å². The third-order valence-corrected chi connectivity index (χ3v) is 3.99. The van der Waals surface area contributed by atoms with Crippen molar-refractivity contribution in [3.05, 3.63) is 93.0 Å². The molecule has 2 aromatic carbocycles. The van der Waals surface area contributed by atoms with E-state index in [4.69, 9.17) is 34.8 Å². The van der Waals surface area contributed by atoms with Crippen molar-refractivity contribution in [3.8, 4) is 0 Å². The number of nitrogens with one attached hydrogen (secondary N) is 1. The van der Waals surface area contributed by atoms with Gasteiger partial charge in [-0.1, -0.05) is 83.4 Å². The highest BCUT2D eigenvalue weighted by molar-refractivity contribution is 6.35. The average molecular weight is 393 g/mol. The summed E-state index contributed by atoms with van der Waals surface area (Å²) in [5.41, 5.74) is 1.86. The maximum Gasteiger partial charge on any atom is 0.244 e. The standard InChI is InChI=1S/C20H16Cl3NO/c21-17-10-7-15(8-11-17)4-3-13-24-20(25)6-2-1-5-16-9-12-18(22)14-19(16)23/h1-12,14H,13H2,(H,24,25)/b4-3+,5-1+,6-2+. The largest absolute Gasteiger partial charge is 0.349 e. The van der Waals surface area contributed by atoms with Gasteiger partial charge in [-0.2, -0.15) is 0 Å². The van der Waals surface area contributed by atoms with Crippen LogP contribution in [0, 0.1) is 0 Å². The lowest BCUT2D eigenvalue weighted by Crippen LogP contribution is -2.20. The van der Waals surface area contributed by atoms with Crippen molar-refractivity contribution >= 4 is 52.9 Å². The first kappa shape index (κ1) is 19.3. The van der Waals surface area contributed by atoms with E-state index in [1.54, 1.807) is 24.3 Å². The van der Waals surface area contributed by atoms with Crippen molar-refractivity contribution < 1.29 is 4.79 Å². The maximum absolute atomic E-state index is 11.7. The number of allylic oxidation sites excluding steroid dienone is 2. The number of halogens is 3. The summed E-state index contributed by atoms with van der Waals surface area (Å²) in [7, 11) is 0. The van der Waals surface area contributed by atoms with Gasteiger partial charge in [0.1, 0.15) is 0 Å². The predicted molar refractivity (Wildman–Crippen MR) is 108 cm³/mol. The van der Waals surface area contributed by atoms with E-state index in [2.05, 4.69) is 5.32 Å². The van der Waals surface area contributed by atoms with E-state index in [1.165, 1.54) is 6.08 Å².